The van der Waals surface area contributed by atoms with Crippen molar-refractivity contribution in [2.45, 2.75) is 25.9 Å². The molecule has 0 aliphatic carbocycles. The lowest BCUT2D eigenvalue weighted by atomic mass is 10.1. The van der Waals surface area contributed by atoms with E-state index in [2.05, 4.69) is 21.2 Å². The van der Waals surface area contributed by atoms with Gasteiger partial charge in [0.15, 0.2) is 0 Å². The smallest absolute Gasteiger partial charge is 0.321 e. The Balaban J connectivity index is 2.79. The highest BCUT2D eigenvalue weighted by atomic mass is 79.9. The van der Waals surface area contributed by atoms with Gasteiger partial charge in [-0.1, -0.05) is 6.07 Å². The zero-order chi connectivity index (χ0) is 14.6. The summed E-state index contributed by atoms with van der Waals surface area (Å²) in [5, 5.41) is 20.0. The maximum atomic E-state index is 13.7. The molecular formula is C12H13BrFNO4. The number of hydrogen-bond donors (Lipinski definition) is 3. The monoisotopic (exact) mass is 333 g/mol. The van der Waals surface area contributed by atoms with Crippen molar-refractivity contribution in [1.82, 2.24) is 5.32 Å². The van der Waals surface area contributed by atoms with Crippen LogP contribution in [0.1, 0.15) is 17.5 Å². The topological polar surface area (TPSA) is 86.6 Å². The molecule has 1 atom stereocenters. The van der Waals surface area contributed by atoms with E-state index in [9.17, 15) is 14.0 Å². The third kappa shape index (κ3) is 4.60. The Bertz CT molecular complexity index is 507. The van der Waals surface area contributed by atoms with Gasteiger partial charge in [0.05, 0.1) is 10.9 Å². The molecule has 0 unspecified atom stereocenters. The molecule has 0 spiro atoms. The number of aryl methyl sites for hydroxylation is 1. The molecule has 0 bridgehead atoms. The van der Waals surface area contributed by atoms with Crippen molar-refractivity contribution in [3.05, 3.63) is 33.5 Å². The van der Waals surface area contributed by atoms with E-state index in [1.807, 2.05) is 0 Å². The van der Waals surface area contributed by atoms with Crippen molar-refractivity contribution < 1.29 is 24.2 Å². The number of benzene rings is 1. The summed E-state index contributed by atoms with van der Waals surface area (Å²) >= 11 is 3.06. The van der Waals surface area contributed by atoms with Gasteiger partial charge in [-0.25, -0.2) is 4.39 Å². The summed E-state index contributed by atoms with van der Waals surface area (Å²) in [6, 6.07) is 1.92. The number of rotatable bonds is 6. The molecule has 0 amide bonds. The highest BCUT2D eigenvalue weighted by molar-refractivity contribution is 9.10. The number of hydrogen-bond acceptors (Lipinski definition) is 3. The molecular weight excluding hydrogens is 321 g/mol. The number of aliphatic carboxylic acids is 2. The van der Waals surface area contributed by atoms with Crippen LogP contribution in [0, 0.1) is 12.7 Å². The highest BCUT2D eigenvalue weighted by Crippen LogP contribution is 2.21. The fourth-order valence-electron chi connectivity index (χ4n) is 1.58. The maximum absolute atomic E-state index is 13.7. The molecule has 3 N–H and O–H groups in total. The van der Waals surface area contributed by atoms with Crippen LogP contribution < -0.4 is 5.32 Å². The number of halogens is 2. The van der Waals surface area contributed by atoms with Gasteiger partial charge in [0.1, 0.15) is 11.9 Å². The van der Waals surface area contributed by atoms with Crippen molar-refractivity contribution in [3.63, 3.8) is 0 Å². The predicted octanol–water partition coefficient (Wildman–Crippen LogP) is 1.91. The summed E-state index contributed by atoms with van der Waals surface area (Å²) < 4.78 is 14.0. The molecule has 0 saturated carbocycles. The van der Waals surface area contributed by atoms with Gasteiger partial charge in [-0.05, 0) is 34.5 Å². The minimum atomic E-state index is -1.28. The lowest BCUT2D eigenvalue weighted by Crippen LogP contribution is -2.38. The zero-order valence-corrected chi connectivity index (χ0v) is 11.7. The first-order chi connectivity index (χ1) is 8.81. The van der Waals surface area contributed by atoms with Crippen LogP contribution in [0.3, 0.4) is 0 Å². The Hall–Kier alpha value is -1.47. The van der Waals surface area contributed by atoms with Gasteiger partial charge in [0.2, 0.25) is 0 Å². The summed E-state index contributed by atoms with van der Waals surface area (Å²) in [6.07, 6.45) is -0.566. The van der Waals surface area contributed by atoms with Crippen molar-refractivity contribution in [2.24, 2.45) is 0 Å². The van der Waals surface area contributed by atoms with Gasteiger partial charge in [-0.15, -0.1) is 0 Å². The first-order valence-electron chi connectivity index (χ1n) is 5.43. The molecule has 1 aromatic carbocycles. The normalized spacial score (nSPS) is 12.2. The second kappa shape index (κ2) is 6.63. The van der Waals surface area contributed by atoms with E-state index in [1.54, 1.807) is 19.1 Å². The quantitative estimate of drug-likeness (QED) is 0.740. The Morgan fingerprint density at radius 1 is 1.42 bits per heavy atom. The molecule has 7 heteroatoms. The average molecular weight is 334 g/mol. The standard InChI is InChI=1S/C12H13BrFNO4/c1-6-2-7(11(14)8(13)3-6)5-15-9(12(18)19)4-10(16)17/h2-3,9,15H,4-5H2,1H3,(H,16,17)(H,18,19)/t9-/m1/s1. The molecule has 0 aromatic heterocycles. The van der Waals surface area contributed by atoms with Crippen LogP contribution in [0.15, 0.2) is 16.6 Å². The van der Waals surface area contributed by atoms with Crippen molar-refractivity contribution in [1.29, 1.82) is 0 Å². The van der Waals surface area contributed by atoms with E-state index < -0.39 is 30.2 Å². The third-order valence-corrected chi connectivity index (χ3v) is 3.04. The molecule has 0 aliphatic rings. The summed E-state index contributed by atoms with van der Waals surface area (Å²) in [4.78, 5) is 21.4. The fourth-order valence-corrected chi connectivity index (χ4v) is 2.20. The Kier molecular flexibility index (Phi) is 5.44. The first kappa shape index (κ1) is 15.6. The lowest BCUT2D eigenvalue weighted by molar-refractivity contribution is -0.146. The highest BCUT2D eigenvalue weighted by Gasteiger charge is 2.21. The first-order valence-corrected chi connectivity index (χ1v) is 6.23. The predicted molar refractivity (Wildman–Crippen MR) is 69.4 cm³/mol. The molecule has 1 aromatic rings. The van der Waals surface area contributed by atoms with Crippen molar-refractivity contribution in [2.75, 3.05) is 0 Å². The molecule has 0 saturated heterocycles. The summed E-state index contributed by atoms with van der Waals surface area (Å²) in [7, 11) is 0. The van der Waals surface area contributed by atoms with E-state index in [-0.39, 0.29) is 16.6 Å². The number of carboxylic acid groups (broad SMARTS) is 2. The fraction of sp³-hybridized carbons (Fsp3) is 0.333. The van der Waals surface area contributed by atoms with Gasteiger partial charge in [-0.3, -0.25) is 14.9 Å². The van der Waals surface area contributed by atoms with E-state index in [1.165, 1.54) is 0 Å². The van der Waals surface area contributed by atoms with Crippen LogP contribution in [0.5, 0.6) is 0 Å². The van der Waals surface area contributed by atoms with E-state index in [0.29, 0.717) is 0 Å². The lowest BCUT2D eigenvalue weighted by Gasteiger charge is -2.13. The molecule has 19 heavy (non-hydrogen) atoms. The van der Waals surface area contributed by atoms with Crippen LogP contribution in [0.25, 0.3) is 0 Å². The van der Waals surface area contributed by atoms with Gasteiger partial charge < -0.3 is 10.2 Å². The minimum Gasteiger partial charge on any atom is -0.481 e. The van der Waals surface area contributed by atoms with Gasteiger partial charge >= 0.3 is 11.9 Å². The number of carboxylic acids is 2. The largest absolute Gasteiger partial charge is 0.481 e. The molecule has 0 aliphatic heterocycles. The minimum absolute atomic E-state index is 0.0592. The second-order valence-corrected chi connectivity index (χ2v) is 4.94. The van der Waals surface area contributed by atoms with E-state index in [0.717, 1.165) is 5.56 Å². The van der Waals surface area contributed by atoms with Crippen LogP contribution in [0.2, 0.25) is 0 Å². The molecule has 0 fully saturated rings. The SMILES string of the molecule is Cc1cc(Br)c(F)c(CN[C@H](CC(=O)O)C(=O)O)c1. The van der Waals surface area contributed by atoms with E-state index >= 15 is 0 Å². The van der Waals surface area contributed by atoms with E-state index in [4.69, 9.17) is 10.2 Å². The second-order valence-electron chi connectivity index (χ2n) is 4.09. The molecule has 104 valence electrons. The van der Waals surface area contributed by atoms with Crippen LogP contribution >= 0.6 is 15.9 Å². The molecule has 1 rings (SSSR count). The number of nitrogens with one attached hydrogen (secondary N) is 1. The van der Waals surface area contributed by atoms with Crippen molar-refractivity contribution >= 4 is 27.9 Å². The summed E-state index contributed by atoms with van der Waals surface area (Å²) in [6.45, 7) is 1.72. The van der Waals surface area contributed by atoms with Gasteiger partial charge in [-0.2, -0.15) is 0 Å². The maximum Gasteiger partial charge on any atom is 0.321 e. The van der Waals surface area contributed by atoms with Gasteiger partial charge in [0.25, 0.3) is 0 Å². The molecule has 0 radical (unpaired) electrons. The third-order valence-electron chi connectivity index (χ3n) is 2.46. The Labute approximate surface area is 117 Å². The van der Waals surface area contributed by atoms with Crippen LogP contribution in [0.4, 0.5) is 4.39 Å². The summed E-state index contributed by atoms with van der Waals surface area (Å²) in [5.41, 5.74) is 1.10. The molecule has 0 heterocycles. The van der Waals surface area contributed by atoms with Crippen LogP contribution in [-0.4, -0.2) is 28.2 Å². The van der Waals surface area contributed by atoms with Gasteiger partial charge in [0, 0.05) is 12.1 Å². The average Bonchev–Trinajstić information content (AvgIpc) is 2.29. The van der Waals surface area contributed by atoms with Crippen LogP contribution in [-0.2, 0) is 16.1 Å². The zero-order valence-electron chi connectivity index (χ0n) is 10.1. The Morgan fingerprint density at radius 3 is 2.58 bits per heavy atom. The number of carbonyl (C=O) groups is 2. The molecule has 5 nitrogen and oxygen atoms in total. The Morgan fingerprint density at radius 2 is 2.05 bits per heavy atom. The van der Waals surface area contributed by atoms with Crippen molar-refractivity contribution in [3.8, 4) is 0 Å². The summed E-state index contributed by atoms with van der Waals surface area (Å²) in [5.74, 6) is -3.00.